The fourth-order valence-electron chi connectivity index (χ4n) is 5.07. The highest BCUT2D eigenvalue weighted by Crippen LogP contribution is 2.35. The molecule has 176 valence electrons. The summed E-state index contributed by atoms with van der Waals surface area (Å²) in [5.74, 6) is -0.0933. The fraction of sp³-hybridized carbons (Fsp3) is 0.148. The van der Waals surface area contributed by atoms with Crippen molar-refractivity contribution in [2.24, 2.45) is 7.05 Å². The summed E-state index contributed by atoms with van der Waals surface area (Å²) in [6, 6.07) is 15.6. The standard InChI is InChI=1S/C27H22N8O/c1-33-10-8-21(32-33)19-6-7-24-20(14-31-35(24)15-19)27(36)34-11-9-22-25(30-16-29-22)26(34)23-12-17-4-2-3-5-18(17)13-28-23/h2-8,10,12-16,26H,9,11H2,1H3,(H,29,30)/t26-/m1/s1. The van der Waals surface area contributed by atoms with E-state index in [0.717, 1.165) is 44.6 Å². The van der Waals surface area contributed by atoms with E-state index in [0.29, 0.717) is 18.5 Å². The maximum Gasteiger partial charge on any atom is 0.258 e. The summed E-state index contributed by atoms with van der Waals surface area (Å²) in [6.07, 6.45) is 9.71. The number of fused-ring (bicyclic) bond motifs is 3. The average Bonchev–Trinajstić information content (AvgIpc) is 3.66. The zero-order valence-corrected chi connectivity index (χ0v) is 19.5. The smallest absolute Gasteiger partial charge is 0.258 e. The van der Waals surface area contributed by atoms with Crippen LogP contribution in [-0.2, 0) is 13.5 Å². The van der Waals surface area contributed by atoms with Gasteiger partial charge in [-0.3, -0.25) is 14.5 Å². The van der Waals surface area contributed by atoms with Gasteiger partial charge in [-0.2, -0.15) is 10.2 Å². The minimum absolute atomic E-state index is 0.0933. The number of nitrogens with one attached hydrogen (secondary N) is 1. The van der Waals surface area contributed by atoms with E-state index in [9.17, 15) is 4.79 Å². The summed E-state index contributed by atoms with van der Waals surface area (Å²) in [7, 11) is 1.89. The molecule has 36 heavy (non-hydrogen) atoms. The van der Waals surface area contributed by atoms with Gasteiger partial charge in [0.2, 0.25) is 0 Å². The van der Waals surface area contributed by atoms with E-state index in [-0.39, 0.29) is 11.9 Å². The molecule has 9 heteroatoms. The quantitative estimate of drug-likeness (QED) is 0.421. The first kappa shape index (κ1) is 20.6. The summed E-state index contributed by atoms with van der Waals surface area (Å²) in [6.45, 7) is 0.552. The Labute approximate surface area is 206 Å². The zero-order valence-electron chi connectivity index (χ0n) is 19.5. The Bertz CT molecular complexity index is 1760. The molecule has 0 unspecified atom stereocenters. The van der Waals surface area contributed by atoms with Gasteiger partial charge in [0.05, 0.1) is 40.7 Å². The zero-order chi connectivity index (χ0) is 24.2. The van der Waals surface area contributed by atoms with E-state index in [4.69, 9.17) is 4.98 Å². The van der Waals surface area contributed by atoms with Crippen molar-refractivity contribution >= 4 is 22.2 Å². The van der Waals surface area contributed by atoms with E-state index in [1.54, 1.807) is 21.7 Å². The molecule has 1 N–H and O–H groups in total. The highest BCUT2D eigenvalue weighted by Gasteiger charge is 2.36. The van der Waals surface area contributed by atoms with E-state index in [1.807, 2.05) is 66.9 Å². The largest absolute Gasteiger partial charge is 0.348 e. The number of carbonyl (C=O) groups is 1. The third-order valence-electron chi connectivity index (χ3n) is 6.87. The minimum Gasteiger partial charge on any atom is -0.348 e. The lowest BCUT2D eigenvalue weighted by molar-refractivity contribution is 0.0689. The van der Waals surface area contributed by atoms with Crippen molar-refractivity contribution < 1.29 is 4.79 Å². The van der Waals surface area contributed by atoms with Crippen LogP contribution in [0.5, 0.6) is 0 Å². The van der Waals surface area contributed by atoms with Gasteiger partial charge in [0, 0.05) is 55.2 Å². The number of aryl methyl sites for hydroxylation is 1. The lowest BCUT2D eigenvalue weighted by atomic mass is 9.97. The second kappa shape index (κ2) is 7.88. The number of imidazole rings is 1. The van der Waals surface area contributed by atoms with Crippen molar-refractivity contribution in [1.29, 1.82) is 0 Å². The Balaban J connectivity index is 1.30. The van der Waals surface area contributed by atoms with Crippen molar-refractivity contribution in [2.45, 2.75) is 12.5 Å². The van der Waals surface area contributed by atoms with E-state index >= 15 is 0 Å². The molecule has 1 atom stereocenters. The first-order valence-electron chi connectivity index (χ1n) is 11.8. The molecule has 0 radical (unpaired) electrons. The van der Waals surface area contributed by atoms with E-state index in [2.05, 4.69) is 32.3 Å². The molecule has 1 amide bonds. The fourth-order valence-corrected chi connectivity index (χ4v) is 5.07. The van der Waals surface area contributed by atoms with Gasteiger partial charge in [-0.1, -0.05) is 24.3 Å². The molecular formula is C27H22N8O. The Morgan fingerprint density at radius 3 is 2.81 bits per heavy atom. The van der Waals surface area contributed by atoms with Gasteiger partial charge in [-0.05, 0) is 29.7 Å². The number of hydrogen-bond acceptors (Lipinski definition) is 5. The van der Waals surface area contributed by atoms with Gasteiger partial charge >= 0.3 is 0 Å². The number of hydrogen-bond donors (Lipinski definition) is 1. The van der Waals surface area contributed by atoms with Crippen LogP contribution in [0.3, 0.4) is 0 Å². The van der Waals surface area contributed by atoms with Gasteiger partial charge in [0.15, 0.2) is 0 Å². The number of amides is 1. The van der Waals surface area contributed by atoms with Crippen molar-refractivity contribution in [2.75, 3.05) is 6.54 Å². The number of aromatic nitrogens is 7. The Kier molecular flexibility index (Phi) is 4.50. The van der Waals surface area contributed by atoms with E-state index < -0.39 is 0 Å². The molecule has 6 heterocycles. The second-order valence-electron chi connectivity index (χ2n) is 9.05. The topological polar surface area (TPSA) is 97.0 Å². The summed E-state index contributed by atoms with van der Waals surface area (Å²) in [5.41, 5.74) is 5.76. The highest BCUT2D eigenvalue weighted by molar-refractivity contribution is 6.01. The first-order valence-corrected chi connectivity index (χ1v) is 11.8. The molecule has 1 aliphatic heterocycles. The van der Waals surface area contributed by atoms with Crippen LogP contribution in [-0.4, -0.2) is 51.7 Å². The van der Waals surface area contributed by atoms with Crippen LogP contribution in [0.25, 0.3) is 27.5 Å². The maximum absolute atomic E-state index is 14.0. The van der Waals surface area contributed by atoms with Crippen LogP contribution < -0.4 is 0 Å². The van der Waals surface area contributed by atoms with Gasteiger partial charge in [0.1, 0.15) is 6.04 Å². The van der Waals surface area contributed by atoms with Gasteiger partial charge in [-0.25, -0.2) is 9.50 Å². The Morgan fingerprint density at radius 1 is 1.06 bits per heavy atom. The van der Waals surface area contributed by atoms with Gasteiger partial charge in [0.25, 0.3) is 5.91 Å². The minimum atomic E-state index is -0.389. The Hall–Kier alpha value is -4.79. The first-order chi connectivity index (χ1) is 17.7. The summed E-state index contributed by atoms with van der Waals surface area (Å²) >= 11 is 0. The normalized spacial score (nSPS) is 15.5. The lowest BCUT2D eigenvalue weighted by Crippen LogP contribution is -2.41. The van der Waals surface area contributed by atoms with Crippen LogP contribution in [0, 0.1) is 0 Å². The van der Waals surface area contributed by atoms with Crippen molar-refractivity contribution in [3.8, 4) is 11.3 Å². The number of nitrogens with zero attached hydrogens (tertiary/aromatic N) is 7. The van der Waals surface area contributed by atoms with E-state index in [1.165, 1.54) is 0 Å². The third-order valence-corrected chi connectivity index (χ3v) is 6.87. The SMILES string of the molecule is Cn1ccc(-c2ccc3c(C(=O)N4CCc5[nH]cnc5[C@H]4c4cc5ccccc5cn4)cnn3c2)n1. The molecule has 0 saturated heterocycles. The molecular weight excluding hydrogens is 452 g/mol. The summed E-state index contributed by atoms with van der Waals surface area (Å²) < 4.78 is 3.50. The molecule has 0 spiro atoms. The monoisotopic (exact) mass is 474 g/mol. The molecule has 0 aliphatic carbocycles. The molecule has 1 aliphatic rings. The van der Waals surface area contributed by atoms with Crippen LogP contribution in [0.1, 0.15) is 33.5 Å². The molecule has 0 saturated carbocycles. The highest BCUT2D eigenvalue weighted by atomic mass is 16.2. The predicted molar refractivity (Wildman–Crippen MR) is 134 cm³/mol. The number of pyridine rings is 2. The average molecular weight is 475 g/mol. The van der Waals surface area contributed by atoms with Crippen molar-refractivity contribution in [3.63, 3.8) is 0 Å². The third kappa shape index (κ3) is 3.20. The predicted octanol–water partition coefficient (Wildman–Crippen LogP) is 3.79. The van der Waals surface area contributed by atoms with Gasteiger partial charge < -0.3 is 9.88 Å². The molecule has 9 nitrogen and oxygen atoms in total. The summed E-state index contributed by atoms with van der Waals surface area (Å²) in [5, 5.41) is 11.1. The number of aromatic amines is 1. The molecule has 6 aromatic rings. The molecule has 0 bridgehead atoms. The molecule has 7 rings (SSSR count). The molecule has 5 aromatic heterocycles. The lowest BCUT2D eigenvalue weighted by Gasteiger charge is -2.34. The molecule has 1 aromatic carbocycles. The summed E-state index contributed by atoms with van der Waals surface area (Å²) in [4.78, 5) is 28.5. The van der Waals surface area contributed by atoms with Crippen LogP contribution in [0.4, 0.5) is 0 Å². The maximum atomic E-state index is 14.0. The van der Waals surface area contributed by atoms with Crippen LogP contribution in [0.2, 0.25) is 0 Å². The molecule has 0 fully saturated rings. The number of benzene rings is 1. The number of carbonyl (C=O) groups excluding carboxylic acids is 1. The van der Waals surface area contributed by atoms with Crippen molar-refractivity contribution in [1.82, 2.24) is 39.2 Å². The number of H-pyrrole nitrogens is 1. The second-order valence-corrected chi connectivity index (χ2v) is 9.05. The van der Waals surface area contributed by atoms with Crippen LogP contribution >= 0.6 is 0 Å². The van der Waals surface area contributed by atoms with Crippen molar-refractivity contribution in [3.05, 3.63) is 102 Å². The van der Waals surface area contributed by atoms with Crippen LogP contribution in [0.15, 0.2) is 79.6 Å². The number of rotatable bonds is 3. The Morgan fingerprint density at radius 2 is 1.94 bits per heavy atom. The van der Waals surface area contributed by atoms with Gasteiger partial charge in [-0.15, -0.1) is 0 Å².